The highest BCUT2D eigenvalue weighted by molar-refractivity contribution is 7.98. The first-order valence-electron chi connectivity index (χ1n) is 11.0. The van der Waals surface area contributed by atoms with Crippen LogP contribution in [0, 0.1) is 10.9 Å². The molecule has 6 aromatic rings. The van der Waals surface area contributed by atoms with E-state index in [0.29, 0.717) is 25.2 Å². The second-order valence-corrected chi connectivity index (χ2v) is 10.6. The van der Waals surface area contributed by atoms with Crippen LogP contribution in [-0.2, 0) is 5.75 Å². The van der Waals surface area contributed by atoms with Gasteiger partial charge in [-0.15, -0.1) is 0 Å². The molecule has 3 heterocycles. The molecule has 1 N–H and O–H groups in total. The number of nitrogens with one attached hydrogen (secondary N) is 1. The van der Waals surface area contributed by atoms with Gasteiger partial charge in [0.1, 0.15) is 10.5 Å². The van der Waals surface area contributed by atoms with Gasteiger partial charge >= 0.3 is 0 Å². The van der Waals surface area contributed by atoms with Crippen molar-refractivity contribution in [2.75, 3.05) is 0 Å². The minimum absolute atomic E-state index is 0.128. The molecule has 0 amide bonds. The standard InChI is InChI=1S/C26H19N5OS3/c1-16-9-5-8-14-20(16)31-23-22(35-26(31)33)24(32)30(17-10-3-2-4-11-17)25(29-23)34-15-21-27-18-12-6-7-13-19(18)28-21/h2-14H,15H2,1H3,(H,27,28). The van der Waals surface area contributed by atoms with E-state index in [1.165, 1.54) is 23.1 Å². The number of H-pyrrole nitrogens is 1. The van der Waals surface area contributed by atoms with E-state index in [9.17, 15) is 4.79 Å². The Morgan fingerprint density at radius 2 is 1.69 bits per heavy atom. The maximum Gasteiger partial charge on any atom is 0.278 e. The zero-order valence-electron chi connectivity index (χ0n) is 18.6. The summed E-state index contributed by atoms with van der Waals surface area (Å²) in [5.74, 6) is 1.36. The largest absolute Gasteiger partial charge is 0.341 e. The summed E-state index contributed by atoms with van der Waals surface area (Å²) in [6.45, 7) is 2.03. The SMILES string of the molecule is Cc1ccccc1-n1c(=S)sc2c(=O)n(-c3ccccc3)c(SCc3nc4ccccc4[nH]3)nc21. The van der Waals surface area contributed by atoms with E-state index in [0.717, 1.165) is 33.8 Å². The zero-order valence-corrected chi connectivity index (χ0v) is 21.1. The molecule has 0 radical (unpaired) electrons. The van der Waals surface area contributed by atoms with Crippen LogP contribution in [0.15, 0.2) is 88.8 Å². The van der Waals surface area contributed by atoms with Gasteiger partial charge < -0.3 is 4.98 Å². The average Bonchev–Trinajstić information content (AvgIpc) is 3.44. The number of benzene rings is 3. The maximum atomic E-state index is 13.8. The van der Waals surface area contributed by atoms with E-state index >= 15 is 0 Å². The Morgan fingerprint density at radius 3 is 2.49 bits per heavy atom. The Morgan fingerprint density at radius 1 is 0.943 bits per heavy atom. The summed E-state index contributed by atoms with van der Waals surface area (Å²) >= 11 is 8.48. The van der Waals surface area contributed by atoms with Gasteiger partial charge in [0, 0.05) is 0 Å². The first kappa shape index (κ1) is 22.0. The Labute approximate surface area is 213 Å². The van der Waals surface area contributed by atoms with Gasteiger partial charge in [-0.1, -0.05) is 71.6 Å². The quantitative estimate of drug-likeness (QED) is 0.163. The minimum Gasteiger partial charge on any atom is -0.341 e. The van der Waals surface area contributed by atoms with Crippen molar-refractivity contribution < 1.29 is 0 Å². The number of thiazole rings is 1. The van der Waals surface area contributed by atoms with Gasteiger partial charge in [0.2, 0.25) is 0 Å². The van der Waals surface area contributed by atoms with E-state index in [4.69, 9.17) is 17.2 Å². The van der Waals surface area contributed by atoms with Crippen LogP contribution in [0.5, 0.6) is 0 Å². The van der Waals surface area contributed by atoms with Crippen LogP contribution < -0.4 is 5.56 Å². The second kappa shape index (κ2) is 8.92. The Bertz CT molecular complexity index is 1780. The van der Waals surface area contributed by atoms with Crippen molar-refractivity contribution in [2.45, 2.75) is 17.8 Å². The zero-order chi connectivity index (χ0) is 23.9. The van der Waals surface area contributed by atoms with Crippen molar-refractivity contribution in [3.63, 3.8) is 0 Å². The molecular formula is C26H19N5OS3. The molecule has 0 aliphatic heterocycles. The molecule has 6 nitrogen and oxygen atoms in total. The van der Waals surface area contributed by atoms with Gasteiger partial charge in [-0.05, 0) is 55.0 Å². The molecule has 3 aromatic heterocycles. The third-order valence-electron chi connectivity index (χ3n) is 5.72. The highest BCUT2D eigenvalue weighted by Crippen LogP contribution is 2.29. The smallest absolute Gasteiger partial charge is 0.278 e. The van der Waals surface area contributed by atoms with E-state index in [1.54, 1.807) is 4.57 Å². The molecule has 0 fully saturated rings. The van der Waals surface area contributed by atoms with E-state index in [-0.39, 0.29) is 5.56 Å². The molecule has 0 saturated carbocycles. The summed E-state index contributed by atoms with van der Waals surface area (Å²) in [6, 6.07) is 25.5. The van der Waals surface area contributed by atoms with Gasteiger partial charge in [0.05, 0.1) is 28.2 Å². The topological polar surface area (TPSA) is 68.5 Å². The molecule has 6 rings (SSSR count). The summed E-state index contributed by atoms with van der Waals surface area (Å²) in [5, 5.41) is 0.587. The molecule has 172 valence electrons. The van der Waals surface area contributed by atoms with Crippen LogP contribution >= 0.6 is 35.3 Å². The molecule has 9 heteroatoms. The van der Waals surface area contributed by atoms with Crippen LogP contribution in [0.1, 0.15) is 11.4 Å². The van der Waals surface area contributed by atoms with Crippen molar-refractivity contribution in [3.05, 3.63) is 105 Å². The first-order valence-corrected chi connectivity index (χ1v) is 13.2. The fourth-order valence-corrected chi connectivity index (χ4v) is 6.23. The van der Waals surface area contributed by atoms with Gasteiger partial charge in [-0.2, -0.15) is 0 Å². The molecule has 0 unspecified atom stereocenters. The lowest BCUT2D eigenvalue weighted by Crippen LogP contribution is -2.21. The predicted octanol–water partition coefficient (Wildman–Crippen LogP) is 6.44. The molecule has 0 atom stereocenters. The number of rotatable bonds is 5. The Balaban J connectivity index is 1.54. The van der Waals surface area contributed by atoms with Crippen molar-refractivity contribution >= 4 is 56.7 Å². The summed E-state index contributed by atoms with van der Waals surface area (Å²) in [6.07, 6.45) is 0. The van der Waals surface area contributed by atoms with Gasteiger partial charge in [0.15, 0.2) is 14.8 Å². The van der Waals surface area contributed by atoms with E-state index < -0.39 is 0 Å². The number of hydrogen-bond acceptors (Lipinski definition) is 6. The monoisotopic (exact) mass is 513 g/mol. The number of aromatic amines is 1. The van der Waals surface area contributed by atoms with Crippen molar-refractivity contribution in [2.24, 2.45) is 0 Å². The molecule has 0 saturated heterocycles. The highest BCUT2D eigenvalue weighted by Gasteiger charge is 2.20. The number of fused-ring (bicyclic) bond motifs is 2. The number of thioether (sulfide) groups is 1. The number of aryl methyl sites for hydroxylation is 1. The molecule has 0 spiro atoms. The first-order chi connectivity index (χ1) is 17.1. The lowest BCUT2D eigenvalue weighted by atomic mass is 10.2. The summed E-state index contributed by atoms with van der Waals surface area (Å²) in [7, 11) is 0. The van der Waals surface area contributed by atoms with Gasteiger partial charge in [-0.3, -0.25) is 13.9 Å². The van der Waals surface area contributed by atoms with E-state index in [1.807, 2.05) is 90.4 Å². The van der Waals surface area contributed by atoms with Crippen molar-refractivity contribution in [1.29, 1.82) is 0 Å². The van der Waals surface area contributed by atoms with Crippen molar-refractivity contribution in [3.8, 4) is 11.4 Å². The summed E-state index contributed by atoms with van der Waals surface area (Å²) in [4.78, 5) is 26.9. The van der Waals surface area contributed by atoms with Gasteiger partial charge in [0.25, 0.3) is 5.56 Å². The lowest BCUT2D eigenvalue weighted by molar-refractivity contribution is 0.810. The second-order valence-electron chi connectivity index (χ2n) is 8.00. The number of nitrogens with zero attached hydrogens (tertiary/aromatic N) is 4. The molecule has 0 bridgehead atoms. The Kier molecular flexibility index (Phi) is 5.60. The average molecular weight is 514 g/mol. The van der Waals surface area contributed by atoms with E-state index in [2.05, 4.69) is 9.97 Å². The Hall–Kier alpha value is -3.53. The third kappa shape index (κ3) is 3.91. The number of imidazole rings is 1. The molecule has 35 heavy (non-hydrogen) atoms. The fraction of sp³-hybridized carbons (Fsp3) is 0.0769. The van der Waals surface area contributed by atoms with Crippen LogP contribution in [-0.4, -0.2) is 24.1 Å². The van der Waals surface area contributed by atoms with Crippen LogP contribution in [0.2, 0.25) is 0 Å². The molecular weight excluding hydrogens is 495 g/mol. The summed E-state index contributed by atoms with van der Waals surface area (Å²) < 4.78 is 4.71. The maximum absolute atomic E-state index is 13.8. The summed E-state index contributed by atoms with van der Waals surface area (Å²) in [5.41, 5.74) is 5.11. The van der Waals surface area contributed by atoms with Gasteiger partial charge in [-0.25, -0.2) is 9.97 Å². The highest BCUT2D eigenvalue weighted by atomic mass is 32.2. The molecule has 0 aliphatic rings. The predicted molar refractivity (Wildman–Crippen MR) is 146 cm³/mol. The third-order valence-corrected chi connectivity index (χ3v) is 8.03. The van der Waals surface area contributed by atoms with Crippen LogP contribution in [0.4, 0.5) is 0 Å². The number of hydrogen-bond donors (Lipinski definition) is 1. The number of aromatic nitrogens is 5. The minimum atomic E-state index is -0.128. The fourth-order valence-electron chi connectivity index (χ4n) is 4.07. The van der Waals surface area contributed by atoms with Crippen LogP contribution in [0.25, 0.3) is 32.8 Å². The van der Waals surface area contributed by atoms with Crippen molar-refractivity contribution in [1.82, 2.24) is 24.1 Å². The number of para-hydroxylation sites is 4. The normalized spacial score (nSPS) is 11.5. The lowest BCUT2D eigenvalue weighted by Gasteiger charge is -2.13. The van der Waals surface area contributed by atoms with Crippen LogP contribution in [0.3, 0.4) is 0 Å². The molecule has 3 aromatic carbocycles. The molecule has 0 aliphatic carbocycles.